The third kappa shape index (κ3) is 6.02. The number of carbonyl (C=O) groups excluding carboxylic acids is 2. The van der Waals surface area contributed by atoms with Crippen molar-refractivity contribution in [3.63, 3.8) is 0 Å². The number of hydrogen-bond acceptors (Lipinski definition) is 6. The number of aromatic nitrogens is 1. The Morgan fingerprint density at radius 3 is 2.30 bits per heavy atom. The molecule has 0 aliphatic rings. The molecule has 156 valence electrons. The van der Waals surface area contributed by atoms with Crippen LogP contribution in [0.1, 0.15) is 39.7 Å². The van der Waals surface area contributed by atoms with Crippen molar-refractivity contribution in [3.8, 4) is 11.5 Å². The summed E-state index contributed by atoms with van der Waals surface area (Å²) in [4.78, 5) is 28.5. The maximum absolute atomic E-state index is 12.9. The molecule has 2 amide bonds. The Morgan fingerprint density at radius 2 is 1.63 bits per heavy atom. The van der Waals surface area contributed by atoms with Crippen molar-refractivity contribution in [1.29, 1.82) is 0 Å². The summed E-state index contributed by atoms with van der Waals surface area (Å²) >= 11 is 1.24. The lowest BCUT2D eigenvalue weighted by Crippen LogP contribution is -2.41. The van der Waals surface area contributed by atoms with Crippen molar-refractivity contribution in [3.05, 3.63) is 76.0 Å². The summed E-state index contributed by atoms with van der Waals surface area (Å²) < 4.78 is 23.9. The third-order valence-corrected chi connectivity index (χ3v) is 4.56. The number of nitrogens with zero attached hydrogens (tertiary/aromatic N) is 1. The maximum atomic E-state index is 12.9. The minimum absolute atomic E-state index is 0.0352. The van der Waals surface area contributed by atoms with Crippen LogP contribution in [0.3, 0.4) is 0 Å². The Balaban J connectivity index is 1.48. The highest BCUT2D eigenvalue weighted by molar-refractivity contribution is 7.09. The number of rotatable bonds is 7. The van der Waals surface area contributed by atoms with Crippen LogP contribution in [0.4, 0.5) is 4.39 Å². The third-order valence-electron chi connectivity index (χ3n) is 3.74. The van der Waals surface area contributed by atoms with Crippen molar-refractivity contribution in [1.82, 2.24) is 15.8 Å². The molecule has 0 fully saturated rings. The first kappa shape index (κ1) is 21.3. The summed E-state index contributed by atoms with van der Waals surface area (Å²) in [7, 11) is 0. The molecule has 2 aromatic carbocycles. The maximum Gasteiger partial charge on any atom is 0.289 e. The van der Waals surface area contributed by atoms with Gasteiger partial charge >= 0.3 is 0 Å². The van der Waals surface area contributed by atoms with Crippen LogP contribution in [0.2, 0.25) is 0 Å². The van der Waals surface area contributed by atoms with E-state index in [1.807, 2.05) is 13.8 Å². The lowest BCUT2D eigenvalue weighted by molar-refractivity contribution is 0.0844. The second-order valence-electron chi connectivity index (χ2n) is 6.47. The van der Waals surface area contributed by atoms with Crippen molar-refractivity contribution < 1.29 is 23.5 Å². The van der Waals surface area contributed by atoms with E-state index < -0.39 is 11.8 Å². The number of nitrogens with one attached hydrogen (secondary N) is 2. The molecule has 9 heteroatoms. The zero-order valence-electron chi connectivity index (χ0n) is 16.3. The van der Waals surface area contributed by atoms with E-state index in [4.69, 9.17) is 9.47 Å². The number of halogens is 1. The van der Waals surface area contributed by atoms with Crippen LogP contribution in [0.15, 0.2) is 53.9 Å². The molecule has 0 bridgehead atoms. The molecule has 0 saturated heterocycles. The zero-order chi connectivity index (χ0) is 21.5. The molecule has 0 saturated carbocycles. The molecule has 0 unspecified atom stereocenters. The largest absolute Gasteiger partial charge is 0.491 e. The van der Waals surface area contributed by atoms with Crippen LogP contribution >= 0.6 is 11.3 Å². The van der Waals surface area contributed by atoms with E-state index in [0.29, 0.717) is 22.1 Å². The monoisotopic (exact) mass is 429 g/mol. The summed E-state index contributed by atoms with van der Waals surface area (Å²) in [5.41, 5.74) is 5.20. The van der Waals surface area contributed by atoms with E-state index in [2.05, 4.69) is 15.8 Å². The smallest absolute Gasteiger partial charge is 0.289 e. The first-order valence-electron chi connectivity index (χ1n) is 9.11. The number of benzene rings is 2. The molecule has 2 N–H and O–H groups in total. The fraction of sp³-hybridized carbons (Fsp3) is 0.190. The molecule has 0 atom stereocenters. The van der Waals surface area contributed by atoms with Crippen molar-refractivity contribution in [2.45, 2.75) is 26.6 Å². The molecule has 0 radical (unpaired) electrons. The standard InChI is InChI=1S/C21H20FN3O4S/c1-13(2)29-17-7-3-14(4-8-17)20(26)24-25-21(27)18-12-30-19(23-18)11-28-16-9-5-15(22)6-10-16/h3-10,12-13H,11H2,1-2H3,(H,24,26)(H,25,27). The predicted octanol–water partition coefficient (Wildman–Crippen LogP) is 3.72. The van der Waals surface area contributed by atoms with Gasteiger partial charge in [-0.25, -0.2) is 9.37 Å². The van der Waals surface area contributed by atoms with E-state index >= 15 is 0 Å². The Hall–Kier alpha value is -3.46. The van der Waals surface area contributed by atoms with E-state index in [1.165, 1.54) is 35.6 Å². The molecule has 3 rings (SSSR count). The molecule has 0 aliphatic carbocycles. The minimum Gasteiger partial charge on any atom is -0.491 e. The fourth-order valence-electron chi connectivity index (χ4n) is 2.36. The summed E-state index contributed by atoms with van der Waals surface area (Å²) in [6, 6.07) is 12.2. The highest BCUT2D eigenvalue weighted by Gasteiger charge is 2.13. The van der Waals surface area contributed by atoms with Gasteiger partial charge < -0.3 is 9.47 Å². The summed E-state index contributed by atoms with van der Waals surface area (Å²) in [6.45, 7) is 3.96. The average Bonchev–Trinajstić information content (AvgIpc) is 3.21. The minimum atomic E-state index is -0.549. The Kier molecular flexibility index (Phi) is 6.97. The molecule has 0 spiro atoms. The van der Waals surface area contributed by atoms with E-state index in [1.54, 1.807) is 29.6 Å². The van der Waals surface area contributed by atoms with Gasteiger partial charge in [-0.1, -0.05) is 0 Å². The molecule has 1 aromatic heterocycles. The van der Waals surface area contributed by atoms with Gasteiger partial charge in [-0.3, -0.25) is 20.4 Å². The molecular weight excluding hydrogens is 409 g/mol. The van der Waals surface area contributed by atoms with Gasteiger partial charge in [-0.05, 0) is 62.4 Å². The topological polar surface area (TPSA) is 89.6 Å². The molecular formula is C21H20FN3O4S. The fourth-order valence-corrected chi connectivity index (χ4v) is 3.05. The van der Waals surface area contributed by atoms with Gasteiger partial charge in [0.2, 0.25) is 0 Å². The van der Waals surface area contributed by atoms with E-state index in [9.17, 15) is 14.0 Å². The number of amides is 2. The number of hydrogen-bond donors (Lipinski definition) is 2. The second-order valence-corrected chi connectivity index (χ2v) is 7.41. The highest BCUT2D eigenvalue weighted by Crippen LogP contribution is 2.16. The van der Waals surface area contributed by atoms with E-state index in [-0.39, 0.29) is 24.2 Å². The van der Waals surface area contributed by atoms with Crippen LogP contribution < -0.4 is 20.3 Å². The van der Waals surface area contributed by atoms with Crippen molar-refractivity contribution in [2.24, 2.45) is 0 Å². The highest BCUT2D eigenvalue weighted by atomic mass is 32.1. The van der Waals surface area contributed by atoms with Gasteiger partial charge in [-0.15, -0.1) is 11.3 Å². The van der Waals surface area contributed by atoms with Crippen LogP contribution in [0.5, 0.6) is 11.5 Å². The number of carbonyl (C=O) groups is 2. The van der Waals surface area contributed by atoms with Gasteiger partial charge in [0, 0.05) is 10.9 Å². The van der Waals surface area contributed by atoms with Gasteiger partial charge in [0.05, 0.1) is 6.10 Å². The normalized spacial score (nSPS) is 10.5. The Morgan fingerprint density at radius 1 is 1.00 bits per heavy atom. The quantitative estimate of drug-likeness (QED) is 0.559. The Labute approximate surface area is 176 Å². The summed E-state index contributed by atoms with van der Waals surface area (Å²) in [6.07, 6.45) is 0.0352. The number of ether oxygens (including phenoxy) is 2. The van der Waals surface area contributed by atoms with Crippen molar-refractivity contribution >= 4 is 23.2 Å². The van der Waals surface area contributed by atoms with E-state index in [0.717, 1.165) is 0 Å². The number of hydrazine groups is 1. The zero-order valence-corrected chi connectivity index (χ0v) is 17.2. The first-order chi connectivity index (χ1) is 14.4. The summed E-state index contributed by atoms with van der Waals surface area (Å²) in [5.74, 6) is -0.211. The van der Waals surface area contributed by atoms with Crippen LogP contribution in [0, 0.1) is 5.82 Å². The molecule has 1 heterocycles. The van der Waals surface area contributed by atoms with Gasteiger partial charge in [-0.2, -0.15) is 0 Å². The molecule has 30 heavy (non-hydrogen) atoms. The molecule has 7 nitrogen and oxygen atoms in total. The average molecular weight is 429 g/mol. The number of thiazole rings is 1. The first-order valence-corrected chi connectivity index (χ1v) is 9.99. The van der Waals surface area contributed by atoms with Crippen LogP contribution in [-0.4, -0.2) is 22.9 Å². The molecule has 0 aliphatic heterocycles. The summed E-state index contributed by atoms with van der Waals surface area (Å²) in [5, 5.41) is 2.12. The molecule has 3 aromatic rings. The van der Waals surface area contributed by atoms with Crippen molar-refractivity contribution in [2.75, 3.05) is 0 Å². The second kappa shape index (κ2) is 9.84. The van der Waals surface area contributed by atoms with Crippen LogP contribution in [-0.2, 0) is 6.61 Å². The Bertz CT molecular complexity index is 1000. The predicted molar refractivity (Wildman–Crippen MR) is 110 cm³/mol. The lowest BCUT2D eigenvalue weighted by Gasteiger charge is -2.10. The van der Waals surface area contributed by atoms with Gasteiger partial charge in [0.25, 0.3) is 11.8 Å². The van der Waals surface area contributed by atoms with Crippen LogP contribution in [0.25, 0.3) is 0 Å². The lowest BCUT2D eigenvalue weighted by atomic mass is 10.2. The SMILES string of the molecule is CC(C)Oc1ccc(C(=O)NNC(=O)c2csc(COc3ccc(F)cc3)n2)cc1. The van der Waals surface area contributed by atoms with Gasteiger partial charge in [0.15, 0.2) is 0 Å². The van der Waals surface area contributed by atoms with Gasteiger partial charge in [0.1, 0.15) is 34.6 Å².